The maximum absolute atomic E-state index is 11.1. The third-order valence-electron chi connectivity index (χ3n) is 2.56. The Morgan fingerprint density at radius 2 is 2.25 bits per heavy atom. The minimum absolute atomic E-state index is 0.0213. The van der Waals surface area contributed by atoms with Gasteiger partial charge in [-0.3, -0.25) is 0 Å². The van der Waals surface area contributed by atoms with Gasteiger partial charge in [-0.05, 0) is 28.5 Å². The monoisotopic (exact) mass is 303 g/mol. The molecule has 1 heterocycles. The van der Waals surface area contributed by atoms with Crippen molar-refractivity contribution < 1.29 is 18.1 Å². The average molecular weight is 303 g/mol. The van der Waals surface area contributed by atoms with Crippen molar-refractivity contribution in [2.45, 2.75) is 19.8 Å². The topological polar surface area (TPSA) is 125 Å². The van der Waals surface area contributed by atoms with Crippen LogP contribution >= 0.6 is 0 Å². The van der Waals surface area contributed by atoms with Gasteiger partial charge in [-0.15, -0.1) is 0 Å². The summed E-state index contributed by atoms with van der Waals surface area (Å²) >= 11 is 0. The van der Waals surface area contributed by atoms with Gasteiger partial charge in [0.1, 0.15) is 6.20 Å². The van der Waals surface area contributed by atoms with Crippen molar-refractivity contribution in [3.05, 3.63) is 28.4 Å². The number of nitrogens with two attached hydrogens (primary N) is 1. The Kier molecular flexibility index (Phi) is 5.83. The molecule has 1 unspecified atom stereocenters. The Hall–Kier alpha value is -1.74. The first-order valence-corrected chi connectivity index (χ1v) is 7.77. The van der Waals surface area contributed by atoms with E-state index in [1.807, 2.05) is 6.92 Å². The molecule has 0 aliphatic rings. The molecule has 1 rings (SSSR count). The molecule has 0 amide bonds. The predicted octanol–water partition coefficient (Wildman–Crippen LogP) is 1.07. The number of primary sulfonamides is 1. The molecule has 0 saturated heterocycles. The second-order valence-electron chi connectivity index (χ2n) is 4.38. The summed E-state index contributed by atoms with van der Waals surface area (Å²) in [6.07, 6.45) is 2.65. The second-order valence-corrected chi connectivity index (χ2v) is 6.04. The molecule has 20 heavy (non-hydrogen) atoms. The molecule has 0 saturated carbocycles. The molecular weight excluding hydrogens is 286 g/mol. The SMILES string of the molecule is CCCC(COc1cccnc1[N+](=O)[O-])CS(N)(=O)=O. The molecule has 2 N–H and O–H groups in total. The lowest BCUT2D eigenvalue weighted by Gasteiger charge is -2.15. The van der Waals surface area contributed by atoms with E-state index in [-0.39, 0.29) is 24.0 Å². The highest BCUT2D eigenvalue weighted by Crippen LogP contribution is 2.24. The van der Waals surface area contributed by atoms with Crippen LogP contribution < -0.4 is 9.88 Å². The van der Waals surface area contributed by atoms with Gasteiger partial charge in [0.05, 0.1) is 12.4 Å². The van der Waals surface area contributed by atoms with E-state index < -0.39 is 20.8 Å². The molecule has 1 aromatic rings. The fourth-order valence-corrected chi connectivity index (χ4v) is 2.71. The van der Waals surface area contributed by atoms with E-state index in [1.165, 1.54) is 18.3 Å². The van der Waals surface area contributed by atoms with Crippen LogP contribution in [0, 0.1) is 16.0 Å². The Morgan fingerprint density at radius 1 is 1.55 bits per heavy atom. The molecule has 0 radical (unpaired) electrons. The van der Waals surface area contributed by atoms with Crippen LogP contribution in [-0.2, 0) is 10.0 Å². The summed E-state index contributed by atoms with van der Waals surface area (Å²) in [5, 5.41) is 15.8. The molecule has 1 aromatic heterocycles. The molecule has 8 nitrogen and oxygen atoms in total. The quantitative estimate of drug-likeness (QED) is 0.565. The van der Waals surface area contributed by atoms with E-state index in [0.717, 1.165) is 6.42 Å². The molecule has 9 heteroatoms. The predicted molar refractivity (Wildman–Crippen MR) is 72.8 cm³/mol. The van der Waals surface area contributed by atoms with Gasteiger partial charge in [-0.2, -0.15) is 0 Å². The lowest BCUT2D eigenvalue weighted by atomic mass is 10.1. The first-order chi connectivity index (χ1) is 9.33. The van der Waals surface area contributed by atoms with E-state index in [9.17, 15) is 18.5 Å². The highest BCUT2D eigenvalue weighted by atomic mass is 32.2. The summed E-state index contributed by atoms with van der Waals surface area (Å²) in [6.45, 7) is 1.94. The summed E-state index contributed by atoms with van der Waals surface area (Å²) in [7, 11) is -3.61. The molecule has 112 valence electrons. The van der Waals surface area contributed by atoms with Gasteiger partial charge in [-0.25, -0.2) is 13.6 Å². The fraction of sp³-hybridized carbons (Fsp3) is 0.545. The number of sulfonamides is 1. The zero-order valence-corrected chi connectivity index (χ0v) is 11.9. The maximum atomic E-state index is 11.1. The van der Waals surface area contributed by atoms with Crippen molar-refractivity contribution in [3.63, 3.8) is 0 Å². The first kappa shape index (κ1) is 16.3. The van der Waals surface area contributed by atoms with Gasteiger partial charge in [0.2, 0.25) is 15.8 Å². The molecule has 0 spiro atoms. The fourth-order valence-electron chi connectivity index (χ4n) is 1.79. The lowest BCUT2D eigenvalue weighted by Crippen LogP contribution is -2.27. The van der Waals surface area contributed by atoms with Crippen molar-refractivity contribution in [3.8, 4) is 5.75 Å². The number of hydrogen-bond acceptors (Lipinski definition) is 6. The minimum Gasteiger partial charge on any atom is -0.485 e. The summed E-state index contributed by atoms with van der Waals surface area (Å²) in [6, 6.07) is 2.93. The zero-order chi connectivity index (χ0) is 15.2. The van der Waals surface area contributed by atoms with Crippen LogP contribution in [0.1, 0.15) is 19.8 Å². The van der Waals surface area contributed by atoms with Crippen LogP contribution in [0.4, 0.5) is 5.82 Å². The average Bonchev–Trinajstić information content (AvgIpc) is 2.34. The molecule has 0 aliphatic carbocycles. The minimum atomic E-state index is -3.61. The molecular formula is C11H17N3O5S. The van der Waals surface area contributed by atoms with Crippen molar-refractivity contribution in [1.82, 2.24) is 4.98 Å². The van der Waals surface area contributed by atoms with Crippen LogP contribution in [0.15, 0.2) is 18.3 Å². The van der Waals surface area contributed by atoms with Crippen LogP contribution in [0.2, 0.25) is 0 Å². The van der Waals surface area contributed by atoms with Crippen molar-refractivity contribution in [2.75, 3.05) is 12.4 Å². The third kappa shape index (κ3) is 5.49. The van der Waals surface area contributed by atoms with Crippen molar-refractivity contribution >= 4 is 15.8 Å². The van der Waals surface area contributed by atoms with Gasteiger partial charge in [0.25, 0.3) is 0 Å². The molecule has 0 aliphatic heterocycles. The van der Waals surface area contributed by atoms with E-state index in [2.05, 4.69) is 4.98 Å². The molecule has 0 fully saturated rings. The van der Waals surface area contributed by atoms with E-state index in [4.69, 9.17) is 9.88 Å². The summed E-state index contributed by atoms with van der Waals surface area (Å²) < 4.78 is 27.5. The number of rotatable bonds is 8. The standard InChI is InChI=1S/C11H17N3O5S/c1-2-4-9(8-20(12,17)18)7-19-10-5-3-6-13-11(10)14(15)16/h3,5-6,9H,2,4,7-8H2,1H3,(H2,12,17,18). The second kappa shape index (κ2) is 7.15. The molecule has 0 aromatic carbocycles. The Bertz CT molecular complexity index is 561. The highest BCUT2D eigenvalue weighted by molar-refractivity contribution is 7.89. The van der Waals surface area contributed by atoms with Crippen LogP contribution in [0.5, 0.6) is 5.75 Å². The number of ether oxygens (including phenoxy) is 1. The normalized spacial score (nSPS) is 12.9. The summed E-state index contributed by atoms with van der Waals surface area (Å²) in [5.74, 6) is -0.893. The number of nitro groups is 1. The smallest absolute Gasteiger partial charge is 0.406 e. The van der Waals surface area contributed by atoms with Gasteiger partial charge in [-0.1, -0.05) is 13.3 Å². The lowest BCUT2D eigenvalue weighted by molar-refractivity contribution is -0.390. The number of aromatic nitrogens is 1. The third-order valence-corrected chi connectivity index (χ3v) is 3.50. The number of hydrogen-bond donors (Lipinski definition) is 1. The Labute approximate surface area is 117 Å². The Balaban J connectivity index is 2.75. The van der Waals surface area contributed by atoms with Gasteiger partial charge >= 0.3 is 5.82 Å². The molecule has 0 bridgehead atoms. The van der Waals surface area contributed by atoms with Gasteiger partial charge < -0.3 is 14.9 Å². The van der Waals surface area contributed by atoms with E-state index in [0.29, 0.717) is 6.42 Å². The van der Waals surface area contributed by atoms with Gasteiger partial charge in [0.15, 0.2) is 0 Å². The van der Waals surface area contributed by atoms with E-state index in [1.54, 1.807) is 0 Å². The summed E-state index contributed by atoms with van der Waals surface area (Å²) in [4.78, 5) is 13.7. The van der Waals surface area contributed by atoms with Crippen molar-refractivity contribution in [2.24, 2.45) is 11.1 Å². The Morgan fingerprint density at radius 3 is 2.80 bits per heavy atom. The maximum Gasteiger partial charge on any atom is 0.406 e. The van der Waals surface area contributed by atoms with Gasteiger partial charge in [0, 0.05) is 5.92 Å². The van der Waals surface area contributed by atoms with Crippen LogP contribution in [-0.4, -0.2) is 30.7 Å². The number of pyridine rings is 1. The number of nitrogens with zero attached hydrogens (tertiary/aromatic N) is 2. The largest absolute Gasteiger partial charge is 0.485 e. The van der Waals surface area contributed by atoms with Crippen LogP contribution in [0.3, 0.4) is 0 Å². The molecule has 1 atom stereocenters. The highest BCUT2D eigenvalue weighted by Gasteiger charge is 2.20. The van der Waals surface area contributed by atoms with Crippen LogP contribution in [0.25, 0.3) is 0 Å². The first-order valence-electron chi connectivity index (χ1n) is 6.06. The van der Waals surface area contributed by atoms with E-state index >= 15 is 0 Å². The zero-order valence-electron chi connectivity index (χ0n) is 11.1. The van der Waals surface area contributed by atoms with Crippen molar-refractivity contribution in [1.29, 1.82) is 0 Å². The summed E-state index contributed by atoms with van der Waals surface area (Å²) in [5.41, 5.74) is 0.